The minimum absolute atomic E-state index is 0.0458. The quantitative estimate of drug-likeness (QED) is 0.184. The van der Waals surface area contributed by atoms with Crippen molar-refractivity contribution >= 4 is 70.1 Å². The molecule has 9 aromatic rings. The first-order valence-electron chi connectivity index (χ1n) is 17.0. The van der Waals surface area contributed by atoms with E-state index in [1.165, 1.54) is 80.8 Å². The van der Waals surface area contributed by atoms with Gasteiger partial charge in [-0.1, -0.05) is 141 Å². The molecular weight excluding hydrogens is 611 g/mol. The van der Waals surface area contributed by atoms with Gasteiger partial charge in [-0.25, -0.2) is 0 Å². The molecule has 0 radical (unpaired) electrons. The smallest absolute Gasteiger partial charge is 0.0540 e. The van der Waals surface area contributed by atoms with E-state index >= 15 is 0 Å². The van der Waals surface area contributed by atoms with Crippen molar-refractivity contribution in [2.45, 2.75) is 19.3 Å². The molecule has 8 aromatic carbocycles. The summed E-state index contributed by atoms with van der Waals surface area (Å²) in [7, 11) is 0. The Morgan fingerprint density at radius 1 is 0.449 bits per heavy atom. The van der Waals surface area contributed by atoms with Crippen LogP contribution in [0.3, 0.4) is 0 Å². The van der Waals surface area contributed by atoms with Gasteiger partial charge in [0.2, 0.25) is 0 Å². The Labute approximate surface area is 290 Å². The Morgan fingerprint density at radius 2 is 1.10 bits per heavy atom. The maximum atomic E-state index is 2.48. The van der Waals surface area contributed by atoms with E-state index in [4.69, 9.17) is 0 Å². The first-order chi connectivity index (χ1) is 24.1. The molecule has 0 spiro atoms. The third-order valence-corrected chi connectivity index (χ3v) is 11.9. The van der Waals surface area contributed by atoms with Crippen molar-refractivity contribution in [3.05, 3.63) is 175 Å². The molecule has 1 heterocycles. The van der Waals surface area contributed by atoms with Gasteiger partial charge in [0.05, 0.1) is 5.69 Å². The Bertz CT molecular complexity index is 2760. The summed E-state index contributed by atoms with van der Waals surface area (Å²) in [6.45, 7) is 4.70. The first-order valence-corrected chi connectivity index (χ1v) is 17.8. The average molecular weight is 644 g/mol. The molecule has 0 amide bonds. The normalized spacial score (nSPS) is 13.3. The van der Waals surface area contributed by atoms with Crippen LogP contribution in [0.5, 0.6) is 0 Å². The van der Waals surface area contributed by atoms with E-state index in [9.17, 15) is 0 Å². The van der Waals surface area contributed by atoms with Gasteiger partial charge in [0, 0.05) is 47.7 Å². The van der Waals surface area contributed by atoms with Crippen LogP contribution in [0.25, 0.3) is 64.0 Å². The standard InChI is InChI=1S/C47H33NS/c1-47(2)42-21-7-5-17-36(42)41-29-33(24-27-43(41)47)48(32-15-9-14-31(28-32)35-19-10-13-30-12-3-4-16-34(30)35)44-22-11-20-39-37(44)25-26-40-38-18-6-8-23-45(38)49-46(39)40/h3-29H,1-2H3. The molecule has 0 saturated heterocycles. The highest BCUT2D eigenvalue weighted by atomic mass is 32.1. The number of hydrogen-bond donors (Lipinski definition) is 0. The lowest BCUT2D eigenvalue weighted by Crippen LogP contribution is -2.15. The minimum atomic E-state index is -0.0458. The Morgan fingerprint density at radius 3 is 2.04 bits per heavy atom. The van der Waals surface area contributed by atoms with Gasteiger partial charge >= 0.3 is 0 Å². The highest BCUT2D eigenvalue weighted by Crippen LogP contribution is 2.51. The van der Waals surface area contributed by atoms with Gasteiger partial charge < -0.3 is 4.90 Å². The summed E-state index contributed by atoms with van der Waals surface area (Å²) in [5.74, 6) is 0. The zero-order valence-corrected chi connectivity index (χ0v) is 28.3. The van der Waals surface area contributed by atoms with E-state index in [-0.39, 0.29) is 5.41 Å². The molecule has 0 atom stereocenters. The fraction of sp³-hybridized carbons (Fsp3) is 0.0638. The Kier molecular flexibility index (Phi) is 6.16. The lowest BCUT2D eigenvalue weighted by atomic mass is 9.82. The van der Waals surface area contributed by atoms with Gasteiger partial charge in [0.25, 0.3) is 0 Å². The summed E-state index contributed by atoms with van der Waals surface area (Å²) in [6.07, 6.45) is 0. The summed E-state index contributed by atoms with van der Waals surface area (Å²) < 4.78 is 2.67. The van der Waals surface area contributed by atoms with Crippen LogP contribution >= 0.6 is 11.3 Å². The van der Waals surface area contributed by atoms with E-state index in [0.717, 1.165) is 11.4 Å². The number of benzene rings is 8. The second-order valence-corrected chi connectivity index (χ2v) is 14.8. The van der Waals surface area contributed by atoms with Crippen LogP contribution in [0.1, 0.15) is 25.0 Å². The molecule has 1 aliphatic carbocycles. The molecule has 0 N–H and O–H groups in total. The topological polar surface area (TPSA) is 3.24 Å². The van der Waals surface area contributed by atoms with Gasteiger partial charge in [-0.3, -0.25) is 0 Å². The average Bonchev–Trinajstić information content (AvgIpc) is 3.64. The SMILES string of the molecule is CC1(C)c2ccccc2-c2cc(N(c3cccc(-c4cccc5ccccc45)c3)c3cccc4c3ccc3c5ccccc5sc43)ccc21. The summed E-state index contributed by atoms with van der Waals surface area (Å²) >= 11 is 1.89. The maximum Gasteiger partial charge on any atom is 0.0540 e. The molecule has 1 nitrogen and oxygen atoms in total. The van der Waals surface area contributed by atoms with Gasteiger partial charge in [0.15, 0.2) is 0 Å². The molecule has 232 valence electrons. The van der Waals surface area contributed by atoms with Crippen molar-refractivity contribution in [2.75, 3.05) is 4.90 Å². The third kappa shape index (κ3) is 4.24. The molecule has 10 rings (SSSR count). The van der Waals surface area contributed by atoms with Gasteiger partial charge in [-0.2, -0.15) is 0 Å². The third-order valence-electron chi connectivity index (χ3n) is 10.6. The fourth-order valence-electron chi connectivity index (χ4n) is 8.28. The van der Waals surface area contributed by atoms with Gasteiger partial charge in [-0.05, 0) is 80.6 Å². The molecular formula is C47H33NS. The number of rotatable bonds is 4. The Balaban J connectivity index is 1.23. The van der Waals surface area contributed by atoms with Crippen molar-refractivity contribution in [3.63, 3.8) is 0 Å². The van der Waals surface area contributed by atoms with Crippen molar-refractivity contribution in [2.24, 2.45) is 0 Å². The largest absolute Gasteiger partial charge is 0.310 e. The number of fused-ring (bicyclic) bond motifs is 9. The molecule has 49 heavy (non-hydrogen) atoms. The molecule has 0 unspecified atom stereocenters. The fourth-order valence-corrected chi connectivity index (χ4v) is 9.51. The van der Waals surface area contributed by atoms with Crippen molar-refractivity contribution in [1.29, 1.82) is 0 Å². The monoisotopic (exact) mass is 643 g/mol. The molecule has 0 bridgehead atoms. The van der Waals surface area contributed by atoms with Crippen molar-refractivity contribution in [3.8, 4) is 22.3 Å². The highest BCUT2D eigenvalue weighted by Gasteiger charge is 2.35. The molecule has 1 aliphatic rings. The van der Waals surface area contributed by atoms with E-state index in [1.807, 2.05) is 11.3 Å². The van der Waals surface area contributed by atoms with Crippen molar-refractivity contribution < 1.29 is 0 Å². The van der Waals surface area contributed by atoms with E-state index in [0.29, 0.717) is 0 Å². The molecule has 0 aliphatic heterocycles. The van der Waals surface area contributed by atoms with Crippen LogP contribution in [-0.2, 0) is 5.41 Å². The number of nitrogens with zero attached hydrogens (tertiary/aromatic N) is 1. The molecule has 2 heteroatoms. The second kappa shape index (κ2) is 10.7. The predicted molar refractivity (Wildman–Crippen MR) is 212 cm³/mol. The number of thiophene rings is 1. The lowest BCUT2D eigenvalue weighted by Gasteiger charge is -2.29. The highest BCUT2D eigenvalue weighted by molar-refractivity contribution is 7.26. The van der Waals surface area contributed by atoms with Crippen LogP contribution in [0, 0.1) is 0 Å². The zero-order chi connectivity index (χ0) is 32.7. The predicted octanol–water partition coefficient (Wildman–Crippen LogP) is 13.8. The van der Waals surface area contributed by atoms with Gasteiger partial charge in [0.1, 0.15) is 0 Å². The van der Waals surface area contributed by atoms with Crippen LogP contribution in [-0.4, -0.2) is 0 Å². The number of hydrogen-bond acceptors (Lipinski definition) is 2. The molecule has 0 fully saturated rings. The zero-order valence-electron chi connectivity index (χ0n) is 27.4. The van der Waals surface area contributed by atoms with Crippen LogP contribution in [0.15, 0.2) is 164 Å². The van der Waals surface area contributed by atoms with E-state index < -0.39 is 0 Å². The second-order valence-electron chi connectivity index (χ2n) is 13.7. The first kappa shape index (κ1) is 28.3. The van der Waals surface area contributed by atoms with E-state index in [2.05, 4.69) is 183 Å². The molecule has 1 aromatic heterocycles. The summed E-state index contributed by atoms with van der Waals surface area (Å²) in [5.41, 5.74) is 11.3. The summed E-state index contributed by atoms with van der Waals surface area (Å²) in [4.78, 5) is 2.48. The Hall–Kier alpha value is -5.70. The minimum Gasteiger partial charge on any atom is -0.310 e. The maximum absolute atomic E-state index is 2.48. The van der Waals surface area contributed by atoms with Crippen molar-refractivity contribution in [1.82, 2.24) is 0 Å². The van der Waals surface area contributed by atoms with E-state index in [1.54, 1.807) is 0 Å². The van der Waals surface area contributed by atoms with Crippen LogP contribution in [0.4, 0.5) is 17.1 Å². The molecule has 0 saturated carbocycles. The summed E-state index contributed by atoms with van der Waals surface area (Å²) in [5, 5.41) is 7.71. The van der Waals surface area contributed by atoms with Crippen LogP contribution < -0.4 is 4.90 Å². The lowest BCUT2D eigenvalue weighted by molar-refractivity contribution is 0.660. The van der Waals surface area contributed by atoms with Crippen LogP contribution in [0.2, 0.25) is 0 Å². The van der Waals surface area contributed by atoms with Gasteiger partial charge in [-0.15, -0.1) is 11.3 Å². The summed E-state index contributed by atoms with van der Waals surface area (Å²) in [6, 6.07) is 60.7. The number of anilines is 3.